The van der Waals surface area contributed by atoms with Crippen molar-refractivity contribution in [3.05, 3.63) is 89.5 Å². The number of hydrogen-bond donors (Lipinski definition) is 1. The fourth-order valence-corrected chi connectivity index (χ4v) is 6.62. The average molecular weight is 534 g/mol. The first-order valence-electron chi connectivity index (χ1n) is 13.4. The molecule has 1 N–H and O–H groups in total. The van der Waals surface area contributed by atoms with E-state index < -0.39 is 10.0 Å². The van der Waals surface area contributed by atoms with Crippen molar-refractivity contribution >= 4 is 21.6 Å². The van der Waals surface area contributed by atoms with Crippen molar-refractivity contribution in [3.63, 3.8) is 0 Å². The maximum Gasteiger partial charge on any atom is 0.262 e. The topological polar surface area (TPSA) is 79.0 Å². The predicted molar refractivity (Wildman–Crippen MR) is 149 cm³/mol. The molecule has 38 heavy (non-hydrogen) atoms. The molecular formula is C30H35N3O4S. The first-order chi connectivity index (χ1) is 18.5. The Morgan fingerprint density at radius 1 is 0.868 bits per heavy atom. The molecule has 3 aromatic rings. The lowest BCUT2D eigenvalue weighted by Gasteiger charge is -2.30. The monoisotopic (exact) mass is 533 g/mol. The molecule has 0 saturated carbocycles. The highest BCUT2D eigenvalue weighted by atomic mass is 32.2. The van der Waals surface area contributed by atoms with E-state index >= 15 is 0 Å². The van der Waals surface area contributed by atoms with Gasteiger partial charge >= 0.3 is 0 Å². The van der Waals surface area contributed by atoms with Gasteiger partial charge in [-0.25, -0.2) is 8.42 Å². The third-order valence-corrected chi connectivity index (χ3v) is 8.73. The summed E-state index contributed by atoms with van der Waals surface area (Å²) in [4.78, 5) is 17.8. The molecule has 2 aliphatic rings. The van der Waals surface area contributed by atoms with E-state index in [-0.39, 0.29) is 10.8 Å². The van der Waals surface area contributed by atoms with E-state index in [1.165, 1.54) is 32.4 Å². The van der Waals surface area contributed by atoms with Gasteiger partial charge in [0, 0.05) is 30.9 Å². The molecule has 0 atom stereocenters. The lowest BCUT2D eigenvalue weighted by atomic mass is 9.99. The van der Waals surface area contributed by atoms with E-state index in [4.69, 9.17) is 4.74 Å². The summed E-state index contributed by atoms with van der Waals surface area (Å²) < 4.78 is 34.8. The zero-order valence-corrected chi connectivity index (χ0v) is 22.5. The van der Waals surface area contributed by atoms with Crippen molar-refractivity contribution < 1.29 is 17.9 Å². The highest BCUT2D eigenvalue weighted by Gasteiger charge is 2.27. The summed E-state index contributed by atoms with van der Waals surface area (Å²) in [5.41, 5.74) is 2.75. The highest BCUT2D eigenvalue weighted by molar-refractivity contribution is 7.92. The van der Waals surface area contributed by atoms with Gasteiger partial charge in [0.25, 0.3) is 15.9 Å². The van der Waals surface area contributed by atoms with Gasteiger partial charge in [0.2, 0.25) is 0 Å². The molecule has 0 aromatic heterocycles. The van der Waals surface area contributed by atoms with Gasteiger partial charge in [-0.3, -0.25) is 9.52 Å². The van der Waals surface area contributed by atoms with Gasteiger partial charge in [-0.2, -0.15) is 0 Å². The summed E-state index contributed by atoms with van der Waals surface area (Å²) >= 11 is 0. The molecule has 1 fully saturated rings. The molecule has 5 rings (SSSR count). The number of carbonyl (C=O) groups is 1. The van der Waals surface area contributed by atoms with Crippen LogP contribution in [0.2, 0.25) is 0 Å². The highest BCUT2D eigenvalue weighted by Crippen LogP contribution is 2.28. The Balaban J connectivity index is 1.18. The molecule has 1 saturated heterocycles. The minimum absolute atomic E-state index is 0.0667. The Morgan fingerprint density at radius 2 is 1.63 bits per heavy atom. The van der Waals surface area contributed by atoms with Crippen LogP contribution >= 0.6 is 0 Å². The number of nitrogens with zero attached hydrogens (tertiary/aromatic N) is 2. The summed E-state index contributed by atoms with van der Waals surface area (Å²) in [6.07, 6.45) is 5.41. The molecule has 2 aliphatic heterocycles. The number of sulfonamides is 1. The molecule has 1 amide bonds. The fourth-order valence-electron chi connectivity index (χ4n) is 5.25. The Kier molecular flexibility index (Phi) is 8.29. The van der Waals surface area contributed by atoms with Gasteiger partial charge in [0.15, 0.2) is 0 Å². The zero-order valence-electron chi connectivity index (χ0n) is 21.6. The van der Waals surface area contributed by atoms with Gasteiger partial charge in [-0.05, 0) is 92.4 Å². The van der Waals surface area contributed by atoms with E-state index in [1.54, 1.807) is 41.3 Å². The Labute approximate surface area is 225 Å². The maximum absolute atomic E-state index is 13.2. The van der Waals surface area contributed by atoms with Crippen molar-refractivity contribution in [3.8, 4) is 5.75 Å². The van der Waals surface area contributed by atoms with Gasteiger partial charge in [0.05, 0.1) is 11.5 Å². The van der Waals surface area contributed by atoms with Crippen LogP contribution in [0.3, 0.4) is 0 Å². The molecule has 0 unspecified atom stereocenters. The normalized spacial score (nSPS) is 16.1. The van der Waals surface area contributed by atoms with Crippen LogP contribution in [0.15, 0.2) is 77.7 Å². The van der Waals surface area contributed by atoms with Gasteiger partial charge in [0.1, 0.15) is 5.75 Å². The average Bonchev–Trinajstić information content (AvgIpc) is 2.95. The minimum atomic E-state index is -3.74. The Bertz CT molecular complexity index is 1340. The third-order valence-electron chi connectivity index (χ3n) is 7.26. The number of fused-ring (bicyclic) bond motifs is 1. The van der Waals surface area contributed by atoms with E-state index in [9.17, 15) is 13.2 Å². The number of amides is 1. The molecular weight excluding hydrogens is 498 g/mol. The Hall–Kier alpha value is -3.36. The van der Waals surface area contributed by atoms with Crippen LogP contribution in [-0.4, -0.2) is 56.9 Å². The molecule has 7 nitrogen and oxygen atoms in total. The van der Waals surface area contributed by atoms with Crippen molar-refractivity contribution in [1.82, 2.24) is 9.80 Å². The lowest BCUT2D eigenvalue weighted by molar-refractivity contribution is 0.0734. The molecule has 0 spiro atoms. The summed E-state index contributed by atoms with van der Waals surface area (Å²) in [7, 11) is -3.74. The number of benzene rings is 3. The molecule has 3 aromatic carbocycles. The SMILES string of the molecule is O=C(c1ccc(OCCCN2CCCCC2)cc1)N1CCc2c(cccc2S(=O)(=O)Nc2ccccc2)C1. The summed E-state index contributed by atoms with van der Waals surface area (Å²) in [5, 5.41) is 0. The standard InChI is InChI=1S/C30H35N3O4S/c34-30(24-13-15-27(16-14-24)37-22-8-20-32-18-5-2-6-19-32)33-21-17-28-25(23-33)9-7-12-29(28)38(35,36)31-26-10-3-1-4-11-26/h1,3-4,7,9-16,31H,2,5-6,8,17-23H2. The van der Waals surface area contributed by atoms with E-state index in [2.05, 4.69) is 9.62 Å². The molecule has 0 radical (unpaired) electrons. The molecule has 0 aliphatic carbocycles. The van der Waals surface area contributed by atoms with Crippen molar-refractivity contribution in [2.45, 2.75) is 43.5 Å². The zero-order chi connectivity index (χ0) is 26.4. The summed E-state index contributed by atoms with van der Waals surface area (Å²) in [6.45, 7) is 4.95. The van der Waals surface area contributed by atoms with E-state index in [0.29, 0.717) is 37.4 Å². The van der Waals surface area contributed by atoms with Gasteiger partial charge in [-0.1, -0.05) is 36.8 Å². The maximum atomic E-state index is 13.2. The number of hydrogen-bond acceptors (Lipinski definition) is 5. The fraction of sp³-hybridized carbons (Fsp3) is 0.367. The van der Waals surface area contributed by atoms with Crippen molar-refractivity contribution in [1.29, 1.82) is 0 Å². The minimum Gasteiger partial charge on any atom is -0.494 e. The van der Waals surface area contributed by atoms with Crippen molar-refractivity contribution in [2.24, 2.45) is 0 Å². The largest absolute Gasteiger partial charge is 0.494 e. The van der Waals surface area contributed by atoms with Gasteiger partial charge < -0.3 is 14.5 Å². The predicted octanol–water partition coefficient (Wildman–Crippen LogP) is 4.94. The first kappa shape index (κ1) is 26.3. The summed E-state index contributed by atoms with van der Waals surface area (Å²) in [5.74, 6) is 0.702. The quantitative estimate of drug-likeness (QED) is 0.394. The first-order valence-corrected chi connectivity index (χ1v) is 14.9. The molecule has 8 heteroatoms. The lowest BCUT2D eigenvalue weighted by Crippen LogP contribution is -2.36. The molecule has 0 bridgehead atoms. The number of piperidine rings is 1. The number of anilines is 1. The second-order valence-corrected chi connectivity index (χ2v) is 11.6. The number of likely N-dealkylation sites (tertiary alicyclic amines) is 1. The number of ether oxygens (including phenoxy) is 1. The second-order valence-electron chi connectivity index (χ2n) is 9.97. The number of carbonyl (C=O) groups excluding carboxylic acids is 1. The van der Waals surface area contributed by atoms with Crippen LogP contribution in [0.25, 0.3) is 0 Å². The van der Waals surface area contributed by atoms with Crippen LogP contribution in [0.4, 0.5) is 5.69 Å². The van der Waals surface area contributed by atoms with Gasteiger partial charge in [-0.15, -0.1) is 0 Å². The third kappa shape index (κ3) is 6.37. The number of rotatable bonds is 9. The van der Waals surface area contributed by atoms with Crippen LogP contribution in [0.5, 0.6) is 5.75 Å². The van der Waals surface area contributed by atoms with Crippen LogP contribution < -0.4 is 9.46 Å². The van der Waals surface area contributed by atoms with E-state index in [0.717, 1.165) is 29.8 Å². The van der Waals surface area contributed by atoms with E-state index in [1.807, 2.05) is 36.4 Å². The molecule has 200 valence electrons. The number of nitrogens with one attached hydrogen (secondary N) is 1. The smallest absolute Gasteiger partial charge is 0.262 e. The van der Waals surface area contributed by atoms with Crippen molar-refractivity contribution in [2.75, 3.05) is 37.5 Å². The van der Waals surface area contributed by atoms with Crippen LogP contribution in [0, 0.1) is 0 Å². The Morgan fingerprint density at radius 3 is 2.39 bits per heavy atom. The summed E-state index contributed by atoms with van der Waals surface area (Å²) in [6, 6.07) is 21.5. The number of para-hydroxylation sites is 1. The second kappa shape index (κ2) is 12.0. The molecule has 2 heterocycles. The van der Waals surface area contributed by atoms with Crippen LogP contribution in [0.1, 0.15) is 47.2 Å². The van der Waals surface area contributed by atoms with Crippen LogP contribution in [-0.2, 0) is 23.0 Å².